The number of carbonyl (C=O) groups excluding carboxylic acids is 1. The lowest BCUT2D eigenvalue weighted by Gasteiger charge is -2.33. The van der Waals surface area contributed by atoms with Gasteiger partial charge in [0.25, 0.3) is 0 Å². The summed E-state index contributed by atoms with van der Waals surface area (Å²) >= 11 is 0. The molecule has 82 valence electrons. The van der Waals surface area contributed by atoms with Crippen molar-refractivity contribution in [3.63, 3.8) is 0 Å². The highest BCUT2D eigenvalue weighted by Gasteiger charge is 2.16. The molecule has 4 heteroatoms. The van der Waals surface area contributed by atoms with Gasteiger partial charge < -0.3 is 10.0 Å². The first kappa shape index (κ1) is 11.6. The van der Waals surface area contributed by atoms with Crippen molar-refractivity contribution < 1.29 is 9.90 Å². The van der Waals surface area contributed by atoms with Crippen LogP contribution in [-0.4, -0.2) is 66.6 Å². The van der Waals surface area contributed by atoms with Crippen molar-refractivity contribution in [1.82, 2.24) is 9.80 Å². The molecule has 0 saturated carbocycles. The van der Waals surface area contributed by atoms with E-state index < -0.39 is 0 Å². The molecule has 0 aliphatic carbocycles. The molecule has 1 aliphatic heterocycles. The minimum atomic E-state index is 0.244. The highest BCUT2D eigenvalue weighted by molar-refractivity contribution is 5.77. The minimum Gasteiger partial charge on any atom is -0.396 e. The quantitative estimate of drug-likeness (QED) is 0.654. The normalized spacial score (nSPS) is 19.9. The summed E-state index contributed by atoms with van der Waals surface area (Å²) in [4.78, 5) is 15.4. The van der Waals surface area contributed by atoms with Gasteiger partial charge in [-0.15, -0.1) is 0 Å². The highest BCUT2D eigenvalue weighted by Crippen LogP contribution is 2.01. The molecule has 1 aliphatic rings. The predicted molar refractivity (Wildman–Crippen MR) is 55.3 cm³/mol. The molecular formula is C10H20N2O2. The second kappa shape index (κ2) is 6.11. The maximum atomic E-state index is 10.9. The summed E-state index contributed by atoms with van der Waals surface area (Å²) in [5.74, 6) is 0.244. The SMILES string of the molecule is CC(=O)CN1CCN(CCCO)CC1. The lowest BCUT2D eigenvalue weighted by atomic mass is 10.2. The molecule has 4 nitrogen and oxygen atoms in total. The molecule has 1 N–H and O–H groups in total. The standard InChI is InChI=1S/C10H20N2O2/c1-10(14)9-12-6-4-11(5-7-12)3-2-8-13/h13H,2-9H2,1H3. The van der Waals surface area contributed by atoms with Crippen molar-refractivity contribution in [1.29, 1.82) is 0 Å². The third kappa shape index (κ3) is 4.17. The Hall–Kier alpha value is -0.450. The van der Waals surface area contributed by atoms with Crippen LogP contribution in [0.25, 0.3) is 0 Å². The first-order chi connectivity index (χ1) is 6.72. The molecule has 0 unspecified atom stereocenters. The molecular weight excluding hydrogens is 180 g/mol. The van der Waals surface area contributed by atoms with Crippen molar-refractivity contribution in [3.05, 3.63) is 0 Å². The van der Waals surface area contributed by atoms with Crippen LogP contribution in [0.1, 0.15) is 13.3 Å². The monoisotopic (exact) mass is 200 g/mol. The highest BCUT2D eigenvalue weighted by atomic mass is 16.3. The van der Waals surface area contributed by atoms with Gasteiger partial charge in [0.05, 0.1) is 6.54 Å². The predicted octanol–water partition coefficient (Wildman–Crippen LogP) is -0.425. The summed E-state index contributed by atoms with van der Waals surface area (Å²) in [5.41, 5.74) is 0. The molecule has 1 saturated heterocycles. The maximum Gasteiger partial charge on any atom is 0.143 e. The van der Waals surface area contributed by atoms with E-state index in [2.05, 4.69) is 9.80 Å². The van der Waals surface area contributed by atoms with E-state index in [1.807, 2.05) is 0 Å². The fourth-order valence-corrected chi connectivity index (χ4v) is 1.78. The Morgan fingerprint density at radius 2 is 1.79 bits per heavy atom. The van der Waals surface area contributed by atoms with Crippen LogP contribution in [0.2, 0.25) is 0 Å². The molecule has 0 atom stereocenters. The fraction of sp³-hybridized carbons (Fsp3) is 0.900. The van der Waals surface area contributed by atoms with Gasteiger partial charge in [-0.1, -0.05) is 0 Å². The van der Waals surface area contributed by atoms with Crippen molar-refractivity contribution in [2.45, 2.75) is 13.3 Å². The van der Waals surface area contributed by atoms with Crippen molar-refractivity contribution in [2.75, 3.05) is 45.9 Å². The second-order valence-corrected chi connectivity index (χ2v) is 3.90. The Bertz CT molecular complexity index is 177. The third-order valence-electron chi connectivity index (χ3n) is 2.54. The van der Waals surface area contributed by atoms with Gasteiger partial charge >= 0.3 is 0 Å². The summed E-state index contributed by atoms with van der Waals surface area (Å²) in [6.07, 6.45) is 0.854. The smallest absolute Gasteiger partial charge is 0.143 e. The number of hydrogen-bond acceptors (Lipinski definition) is 4. The van der Waals surface area contributed by atoms with Crippen molar-refractivity contribution in [2.24, 2.45) is 0 Å². The zero-order valence-electron chi connectivity index (χ0n) is 8.91. The van der Waals surface area contributed by atoms with Crippen LogP contribution in [0.3, 0.4) is 0 Å². The Morgan fingerprint density at radius 1 is 1.21 bits per heavy atom. The Labute approximate surface area is 85.5 Å². The van der Waals surface area contributed by atoms with E-state index in [1.165, 1.54) is 0 Å². The molecule has 1 heterocycles. The molecule has 1 fully saturated rings. The minimum absolute atomic E-state index is 0.244. The molecule has 1 rings (SSSR count). The summed E-state index contributed by atoms with van der Waals surface area (Å²) in [6.45, 7) is 7.47. The van der Waals surface area contributed by atoms with Gasteiger partial charge in [0, 0.05) is 39.3 Å². The molecule has 0 radical (unpaired) electrons. The Morgan fingerprint density at radius 3 is 2.29 bits per heavy atom. The van der Waals surface area contributed by atoms with Gasteiger partial charge in [-0.25, -0.2) is 0 Å². The molecule has 0 bridgehead atoms. The molecule has 0 aromatic carbocycles. The molecule has 0 aromatic heterocycles. The average molecular weight is 200 g/mol. The first-order valence-corrected chi connectivity index (χ1v) is 5.27. The van der Waals surface area contributed by atoms with Crippen LogP contribution in [0, 0.1) is 0 Å². The number of aliphatic hydroxyl groups excluding tert-OH is 1. The van der Waals surface area contributed by atoms with Crippen molar-refractivity contribution >= 4 is 5.78 Å². The largest absolute Gasteiger partial charge is 0.396 e. The van der Waals surface area contributed by atoms with Crippen LogP contribution in [0.4, 0.5) is 0 Å². The Kier molecular flexibility index (Phi) is 5.07. The van der Waals surface area contributed by atoms with Crippen LogP contribution < -0.4 is 0 Å². The number of piperazine rings is 1. The topological polar surface area (TPSA) is 43.8 Å². The summed E-state index contributed by atoms with van der Waals surface area (Å²) in [6, 6.07) is 0. The van der Waals surface area contributed by atoms with Crippen LogP contribution in [-0.2, 0) is 4.79 Å². The maximum absolute atomic E-state index is 10.9. The van der Waals surface area contributed by atoms with E-state index in [1.54, 1.807) is 6.92 Å². The van der Waals surface area contributed by atoms with Gasteiger partial charge in [-0.3, -0.25) is 9.69 Å². The number of nitrogens with zero attached hydrogens (tertiary/aromatic N) is 2. The van der Waals surface area contributed by atoms with Crippen LogP contribution in [0.5, 0.6) is 0 Å². The number of hydrogen-bond donors (Lipinski definition) is 1. The van der Waals surface area contributed by atoms with Gasteiger partial charge in [0.1, 0.15) is 5.78 Å². The fourth-order valence-electron chi connectivity index (χ4n) is 1.78. The number of ketones is 1. The van der Waals surface area contributed by atoms with Crippen LogP contribution >= 0.6 is 0 Å². The number of carbonyl (C=O) groups is 1. The lowest BCUT2D eigenvalue weighted by Crippen LogP contribution is -2.47. The average Bonchev–Trinajstić information content (AvgIpc) is 2.16. The van der Waals surface area contributed by atoms with Gasteiger partial charge in [0.15, 0.2) is 0 Å². The number of aliphatic hydroxyl groups is 1. The summed E-state index contributed by atoms with van der Waals surface area (Å²) < 4.78 is 0. The molecule has 14 heavy (non-hydrogen) atoms. The molecule has 0 aromatic rings. The summed E-state index contributed by atoms with van der Waals surface area (Å²) in [5, 5.41) is 8.69. The molecule has 0 amide bonds. The lowest BCUT2D eigenvalue weighted by molar-refractivity contribution is -0.118. The van der Waals surface area contributed by atoms with Gasteiger partial charge in [-0.2, -0.15) is 0 Å². The Balaban J connectivity index is 2.14. The van der Waals surface area contributed by atoms with E-state index >= 15 is 0 Å². The van der Waals surface area contributed by atoms with E-state index in [9.17, 15) is 4.79 Å². The third-order valence-corrected chi connectivity index (χ3v) is 2.54. The first-order valence-electron chi connectivity index (χ1n) is 5.27. The van der Waals surface area contributed by atoms with E-state index in [0.717, 1.165) is 39.1 Å². The second-order valence-electron chi connectivity index (χ2n) is 3.90. The van der Waals surface area contributed by atoms with E-state index in [-0.39, 0.29) is 12.4 Å². The number of Topliss-reactive ketones (excluding diaryl/α,β-unsaturated/α-hetero) is 1. The van der Waals surface area contributed by atoms with Gasteiger partial charge in [-0.05, 0) is 13.3 Å². The zero-order valence-corrected chi connectivity index (χ0v) is 8.91. The van der Waals surface area contributed by atoms with E-state index in [0.29, 0.717) is 6.54 Å². The number of rotatable bonds is 5. The van der Waals surface area contributed by atoms with E-state index in [4.69, 9.17) is 5.11 Å². The van der Waals surface area contributed by atoms with Crippen molar-refractivity contribution in [3.8, 4) is 0 Å². The summed E-state index contributed by atoms with van der Waals surface area (Å²) in [7, 11) is 0. The molecule has 0 spiro atoms. The van der Waals surface area contributed by atoms with Gasteiger partial charge in [0.2, 0.25) is 0 Å². The van der Waals surface area contributed by atoms with Crippen LogP contribution in [0.15, 0.2) is 0 Å². The zero-order chi connectivity index (χ0) is 10.4.